The van der Waals surface area contributed by atoms with Gasteiger partial charge in [0.25, 0.3) is 0 Å². The summed E-state index contributed by atoms with van der Waals surface area (Å²) in [6.07, 6.45) is 6.37. The summed E-state index contributed by atoms with van der Waals surface area (Å²) in [7, 11) is 3.96. The maximum atomic E-state index is 11.5. The number of carbonyl (C=O) groups excluding carboxylic acids is 2. The molecule has 0 aromatic rings. The molecular weight excluding hydrogens is 346 g/mol. The Hall–Kier alpha value is -0.400. The van der Waals surface area contributed by atoms with Crippen LogP contribution in [0.5, 0.6) is 0 Å². The first-order chi connectivity index (χ1) is 11.5. The smallest absolute Gasteiger partial charge is 0.303 e. The van der Waals surface area contributed by atoms with Crippen molar-refractivity contribution in [3.63, 3.8) is 0 Å². The van der Waals surface area contributed by atoms with Gasteiger partial charge in [-0.15, -0.1) is 0 Å². The highest BCUT2D eigenvalue weighted by Crippen LogP contribution is 2.58. The van der Waals surface area contributed by atoms with Crippen molar-refractivity contribution in [3.8, 4) is 0 Å². The van der Waals surface area contributed by atoms with Crippen molar-refractivity contribution in [3.05, 3.63) is 0 Å². The fourth-order valence-electron chi connectivity index (χ4n) is 4.84. The lowest BCUT2D eigenvalue weighted by Gasteiger charge is -2.59. The summed E-state index contributed by atoms with van der Waals surface area (Å²) in [6.45, 7) is 4.81. The number of rotatable bonds is 7. The van der Waals surface area contributed by atoms with E-state index in [-0.39, 0.29) is 23.4 Å². The molecule has 4 aliphatic rings. The Kier molecular flexibility index (Phi) is 5.72. The third kappa shape index (κ3) is 3.58. The van der Waals surface area contributed by atoms with Crippen LogP contribution in [0.4, 0.5) is 0 Å². The number of aliphatic carboxylic acids is 1. The third-order valence-corrected chi connectivity index (χ3v) is 9.46. The van der Waals surface area contributed by atoms with Gasteiger partial charge in [-0.1, -0.05) is 10.8 Å². The summed E-state index contributed by atoms with van der Waals surface area (Å²) in [5, 5.41) is 10.7. The molecule has 4 fully saturated rings. The molecule has 5 nitrogen and oxygen atoms in total. The average Bonchev–Trinajstić information content (AvgIpc) is 3.03. The first-order valence-corrected chi connectivity index (χ1v) is 11.3. The van der Waals surface area contributed by atoms with Crippen molar-refractivity contribution in [2.75, 3.05) is 25.4 Å². The second-order valence-electron chi connectivity index (χ2n) is 7.44. The first-order valence-electron chi connectivity index (χ1n) is 9.00. The average molecular weight is 374 g/mol. The SMILES string of the molecule is CC(=O)OC1C[N+]2([C@@]3(CCCCC(=O)[O-])CCSS3)CCC1CC2. The normalized spacial score (nSPS) is 38.2. The molecule has 0 aliphatic carbocycles. The van der Waals surface area contributed by atoms with Gasteiger partial charge in [-0.05, 0) is 30.1 Å². The van der Waals surface area contributed by atoms with Gasteiger partial charge in [0.05, 0.1) is 13.1 Å². The molecule has 0 amide bonds. The predicted octanol–water partition coefficient (Wildman–Crippen LogP) is 1.95. The summed E-state index contributed by atoms with van der Waals surface area (Å²) in [5.41, 5.74) is 0. The molecule has 0 aromatic carbocycles. The molecule has 0 radical (unpaired) electrons. The molecular formula is C17H27NO4S2. The van der Waals surface area contributed by atoms with Crippen molar-refractivity contribution in [2.24, 2.45) is 5.92 Å². The van der Waals surface area contributed by atoms with Gasteiger partial charge in [-0.2, -0.15) is 0 Å². The van der Waals surface area contributed by atoms with Crippen LogP contribution in [-0.4, -0.2) is 52.8 Å². The standard InChI is InChI=1S/C17H27NO4S2/c1-13(19)22-15-12-18(9-5-14(15)6-10-18)17(8-11-23-24-17)7-3-2-4-16(20)21/h14-15H,2-12H2,1H3/t14?,15?,17-,18?/m1/s1. The van der Waals surface area contributed by atoms with E-state index in [1.54, 1.807) is 0 Å². The monoisotopic (exact) mass is 373 g/mol. The Labute approximate surface area is 151 Å². The molecule has 4 aliphatic heterocycles. The molecule has 24 heavy (non-hydrogen) atoms. The van der Waals surface area contributed by atoms with Crippen molar-refractivity contribution in [2.45, 2.75) is 62.8 Å². The van der Waals surface area contributed by atoms with Gasteiger partial charge >= 0.3 is 5.97 Å². The van der Waals surface area contributed by atoms with Gasteiger partial charge in [-0.3, -0.25) is 4.79 Å². The Balaban J connectivity index is 1.71. The largest absolute Gasteiger partial charge is 0.550 e. The van der Waals surface area contributed by atoms with Gasteiger partial charge in [0.15, 0.2) is 11.0 Å². The van der Waals surface area contributed by atoms with Crippen LogP contribution in [-0.2, 0) is 14.3 Å². The Bertz CT molecular complexity index is 485. The molecule has 0 spiro atoms. The molecule has 0 saturated carbocycles. The van der Waals surface area contributed by atoms with Gasteiger partial charge in [-0.25, -0.2) is 0 Å². The van der Waals surface area contributed by atoms with E-state index in [2.05, 4.69) is 0 Å². The Morgan fingerprint density at radius 2 is 2.04 bits per heavy atom. The summed E-state index contributed by atoms with van der Waals surface area (Å²) in [5.74, 6) is 0.581. The van der Waals surface area contributed by atoms with Gasteiger partial charge in [0, 0.05) is 50.2 Å². The summed E-state index contributed by atoms with van der Waals surface area (Å²) < 4.78 is 6.72. The number of fused-ring (bicyclic) bond motifs is 3. The van der Waals surface area contributed by atoms with E-state index in [0.717, 1.165) is 42.5 Å². The van der Waals surface area contributed by atoms with Crippen LogP contribution in [0, 0.1) is 5.92 Å². The highest BCUT2D eigenvalue weighted by Gasteiger charge is 2.59. The Morgan fingerprint density at radius 1 is 1.29 bits per heavy atom. The van der Waals surface area contributed by atoms with E-state index in [1.165, 1.54) is 26.4 Å². The zero-order chi connectivity index (χ0) is 17.2. The predicted molar refractivity (Wildman–Crippen MR) is 94.0 cm³/mol. The zero-order valence-electron chi connectivity index (χ0n) is 14.3. The van der Waals surface area contributed by atoms with Crippen LogP contribution < -0.4 is 5.11 Å². The van der Waals surface area contributed by atoms with E-state index < -0.39 is 5.97 Å². The molecule has 2 bridgehead atoms. The molecule has 4 rings (SSSR count). The van der Waals surface area contributed by atoms with Crippen LogP contribution in [0.3, 0.4) is 0 Å². The number of piperidine rings is 3. The lowest BCUT2D eigenvalue weighted by Crippen LogP contribution is -2.72. The topological polar surface area (TPSA) is 66.4 Å². The zero-order valence-corrected chi connectivity index (χ0v) is 16.0. The van der Waals surface area contributed by atoms with Crippen LogP contribution >= 0.6 is 21.6 Å². The fraction of sp³-hybridized carbons (Fsp3) is 0.882. The molecule has 1 unspecified atom stereocenters. The van der Waals surface area contributed by atoms with E-state index in [4.69, 9.17) is 4.74 Å². The minimum Gasteiger partial charge on any atom is -0.550 e. The number of carboxylic acid groups (broad SMARTS) is 1. The number of carboxylic acids is 1. The number of quaternary nitrogens is 1. The number of nitrogens with zero attached hydrogens (tertiary/aromatic N) is 1. The fourth-order valence-corrected chi connectivity index (χ4v) is 8.65. The highest BCUT2D eigenvalue weighted by molar-refractivity contribution is 8.77. The number of hydrogen-bond acceptors (Lipinski definition) is 6. The quantitative estimate of drug-likeness (QED) is 0.294. The Morgan fingerprint density at radius 3 is 2.62 bits per heavy atom. The van der Waals surface area contributed by atoms with Crippen LogP contribution in [0.25, 0.3) is 0 Å². The number of esters is 1. The van der Waals surface area contributed by atoms with Crippen LogP contribution in [0.1, 0.15) is 51.9 Å². The van der Waals surface area contributed by atoms with E-state index in [9.17, 15) is 14.7 Å². The van der Waals surface area contributed by atoms with E-state index in [1.807, 2.05) is 21.6 Å². The van der Waals surface area contributed by atoms with Gasteiger partial charge < -0.3 is 19.1 Å². The molecule has 4 heterocycles. The van der Waals surface area contributed by atoms with Crippen molar-refractivity contribution < 1.29 is 23.9 Å². The second kappa shape index (κ2) is 7.46. The van der Waals surface area contributed by atoms with Crippen molar-refractivity contribution >= 4 is 33.5 Å². The number of hydrogen-bond donors (Lipinski definition) is 0. The van der Waals surface area contributed by atoms with E-state index >= 15 is 0 Å². The van der Waals surface area contributed by atoms with Gasteiger partial charge in [0.2, 0.25) is 0 Å². The lowest BCUT2D eigenvalue weighted by atomic mass is 9.80. The molecule has 0 N–H and O–H groups in total. The number of unbranched alkanes of at least 4 members (excludes halogenated alkanes) is 1. The van der Waals surface area contributed by atoms with Gasteiger partial charge in [0.1, 0.15) is 6.54 Å². The minimum absolute atomic E-state index is 0.0660. The second-order valence-corrected chi connectivity index (χ2v) is 10.2. The van der Waals surface area contributed by atoms with Crippen LogP contribution in [0.2, 0.25) is 0 Å². The number of ether oxygens (including phenoxy) is 1. The molecule has 0 aromatic heterocycles. The lowest BCUT2D eigenvalue weighted by molar-refractivity contribution is -0.977. The number of carbonyl (C=O) groups is 2. The van der Waals surface area contributed by atoms with Crippen LogP contribution in [0.15, 0.2) is 0 Å². The molecule has 2 atom stereocenters. The van der Waals surface area contributed by atoms with Crippen molar-refractivity contribution in [1.82, 2.24) is 0 Å². The summed E-state index contributed by atoms with van der Waals surface area (Å²) >= 11 is 0. The first kappa shape index (κ1) is 18.4. The highest BCUT2D eigenvalue weighted by atomic mass is 33.1. The van der Waals surface area contributed by atoms with E-state index in [0.29, 0.717) is 12.3 Å². The molecule has 4 saturated heterocycles. The van der Waals surface area contributed by atoms with Crippen molar-refractivity contribution in [1.29, 1.82) is 0 Å². The maximum absolute atomic E-state index is 11.5. The summed E-state index contributed by atoms with van der Waals surface area (Å²) in [4.78, 5) is 22.3. The maximum Gasteiger partial charge on any atom is 0.303 e. The minimum atomic E-state index is -0.946. The molecule has 7 heteroatoms. The summed E-state index contributed by atoms with van der Waals surface area (Å²) in [6, 6.07) is 0. The molecule has 136 valence electrons. The third-order valence-electron chi connectivity index (χ3n) is 6.08.